The van der Waals surface area contributed by atoms with E-state index in [1.54, 1.807) is 7.11 Å². The average Bonchev–Trinajstić information content (AvgIpc) is 3.30. The van der Waals surface area contributed by atoms with Crippen molar-refractivity contribution in [1.29, 1.82) is 0 Å². The second kappa shape index (κ2) is 10.8. The number of methoxy groups -OCH3 is 1. The van der Waals surface area contributed by atoms with Gasteiger partial charge in [-0.05, 0) is 34.5 Å². The fourth-order valence-corrected chi connectivity index (χ4v) is 7.68. The number of fused-ring (bicyclic) bond motifs is 1. The fourth-order valence-electron chi connectivity index (χ4n) is 5.29. The molecule has 9 heteroatoms. The van der Waals surface area contributed by atoms with E-state index in [1.807, 2.05) is 6.33 Å². The molecule has 0 atom stereocenters. The lowest BCUT2D eigenvalue weighted by Gasteiger charge is -2.53. The van der Waals surface area contributed by atoms with Crippen LogP contribution in [-0.4, -0.2) is 55.5 Å². The summed E-state index contributed by atoms with van der Waals surface area (Å²) in [7, 11) is -0.294. The van der Waals surface area contributed by atoms with E-state index in [-0.39, 0.29) is 16.9 Å². The second-order valence-electron chi connectivity index (χ2n) is 11.2. The van der Waals surface area contributed by atoms with Gasteiger partial charge in [0.25, 0.3) is 0 Å². The van der Waals surface area contributed by atoms with Gasteiger partial charge in [-0.2, -0.15) is 9.97 Å². The predicted octanol–water partition coefficient (Wildman–Crippen LogP) is 3.14. The molecule has 4 aromatic rings. The Bertz CT molecular complexity index is 1310. The topological polar surface area (TPSA) is 97.3 Å². The zero-order valence-electron chi connectivity index (χ0n) is 22.6. The van der Waals surface area contributed by atoms with Crippen LogP contribution in [0.2, 0.25) is 0 Å². The average molecular weight is 532 g/mol. The van der Waals surface area contributed by atoms with Gasteiger partial charge in [-0.3, -0.25) is 0 Å². The second-order valence-corrected chi connectivity index (χ2v) is 13.6. The molecule has 2 aromatic heterocycles. The Kier molecular flexibility index (Phi) is 7.51. The Balaban J connectivity index is 1.51. The summed E-state index contributed by atoms with van der Waals surface area (Å²) in [5.74, 6) is 1.09. The van der Waals surface area contributed by atoms with Crippen LogP contribution < -0.4 is 20.8 Å². The van der Waals surface area contributed by atoms with Crippen LogP contribution in [-0.2, 0) is 14.7 Å². The molecule has 1 aliphatic carbocycles. The molecule has 2 N–H and O–H groups in total. The van der Waals surface area contributed by atoms with Crippen molar-refractivity contribution in [3.63, 3.8) is 0 Å². The molecule has 0 radical (unpaired) electrons. The smallest absolute Gasteiger partial charge is 0.247 e. The van der Waals surface area contributed by atoms with Crippen LogP contribution >= 0.6 is 0 Å². The van der Waals surface area contributed by atoms with Crippen LogP contribution in [0.4, 0.5) is 5.95 Å². The van der Waals surface area contributed by atoms with Crippen LogP contribution in [0.1, 0.15) is 33.6 Å². The highest BCUT2D eigenvalue weighted by Gasteiger charge is 2.51. The number of anilines is 1. The highest BCUT2D eigenvalue weighted by molar-refractivity contribution is 6.80. The van der Waals surface area contributed by atoms with Gasteiger partial charge in [0, 0.05) is 7.11 Å². The number of hydrogen-bond acceptors (Lipinski definition) is 7. The minimum absolute atomic E-state index is 0.162. The zero-order valence-corrected chi connectivity index (χ0v) is 23.8. The Hall–Kier alpha value is -3.27. The maximum atomic E-state index is 6.96. The maximum absolute atomic E-state index is 6.96. The Morgan fingerprint density at radius 3 is 2.18 bits per heavy atom. The molecule has 8 nitrogen and oxygen atoms in total. The van der Waals surface area contributed by atoms with Crippen molar-refractivity contribution in [3.8, 4) is 5.88 Å². The largest absolute Gasteiger partial charge is 0.474 e. The summed E-state index contributed by atoms with van der Waals surface area (Å²) in [5.41, 5.74) is 7.32. The highest BCUT2D eigenvalue weighted by Crippen LogP contribution is 2.52. The summed E-state index contributed by atoms with van der Waals surface area (Å²) in [6.07, 6.45) is 3.79. The molecule has 5 rings (SSSR count). The van der Waals surface area contributed by atoms with E-state index < -0.39 is 9.04 Å². The number of ether oxygens (including phenoxy) is 2. The predicted molar refractivity (Wildman–Crippen MR) is 153 cm³/mol. The molecule has 0 bridgehead atoms. The number of imidazole rings is 1. The third kappa shape index (κ3) is 5.32. The lowest BCUT2D eigenvalue weighted by molar-refractivity contribution is -0.0311. The molecule has 1 saturated carbocycles. The quantitative estimate of drug-likeness (QED) is 0.248. The fraction of sp³-hybridized carbons (Fsp3) is 0.414. The van der Waals surface area contributed by atoms with Crippen LogP contribution in [0, 0.1) is 11.3 Å². The standard InChI is InChI=1S/C29H37N5O3Si/c1-28(2,3)21-17-29(18-21,19-37-38(22-11-7-5-8-12-22)23-13-9-6-10-14-23)34-20-31-24-25(34)32-27(30)33-26(24)36-16-15-35-4/h5-14,20-21,38H,15-19H2,1-4H3,(H2,30,32,33)/t21-,29+. The van der Waals surface area contributed by atoms with Crippen molar-refractivity contribution in [3.05, 3.63) is 67.0 Å². The SMILES string of the molecule is COCCOc1nc(N)nc2c1ncn2[C@]1(CO[SiH](c2ccccc2)c2ccccc2)C[C@H](C(C)(C)C)C1. The molecule has 1 fully saturated rings. The molecule has 2 aromatic carbocycles. The molecule has 0 aliphatic heterocycles. The van der Waals surface area contributed by atoms with E-state index in [9.17, 15) is 0 Å². The van der Waals surface area contributed by atoms with Crippen molar-refractivity contribution < 1.29 is 13.9 Å². The van der Waals surface area contributed by atoms with Gasteiger partial charge in [0.1, 0.15) is 6.61 Å². The molecule has 2 heterocycles. The normalized spacial score (nSPS) is 19.6. The van der Waals surface area contributed by atoms with Gasteiger partial charge >= 0.3 is 0 Å². The van der Waals surface area contributed by atoms with E-state index in [0.717, 1.165) is 12.8 Å². The number of rotatable bonds is 10. The Morgan fingerprint density at radius 2 is 1.61 bits per heavy atom. The molecular formula is C29H37N5O3Si. The van der Waals surface area contributed by atoms with Crippen molar-refractivity contribution >= 4 is 36.5 Å². The van der Waals surface area contributed by atoms with Crippen molar-refractivity contribution in [2.24, 2.45) is 11.3 Å². The first-order valence-electron chi connectivity index (χ1n) is 13.1. The van der Waals surface area contributed by atoms with Crippen molar-refractivity contribution in [2.75, 3.05) is 32.7 Å². The number of nitrogens with zero attached hydrogens (tertiary/aromatic N) is 4. The third-order valence-electron chi connectivity index (χ3n) is 7.62. The Morgan fingerprint density at radius 1 is 0.974 bits per heavy atom. The molecule has 0 amide bonds. The summed E-state index contributed by atoms with van der Waals surface area (Å²) in [5, 5.41) is 2.52. The van der Waals surface area contributed by atoms with Gasteiger partial charge in [0.2, 0.25) is 20.9 Å². The molecule has 0 unspecified atom stereocenters. The van der Waals surface area contributed by atoms with E-state index in [0.29, 0.717) is 42.8 Å². The summed E-state index contributed by atoms with van der Waals surface area (Å²) in [6.45, 7) is 8.29. The van der Waals surface area contributed by atoms with Gasteiger partial charge in [0.05, 0.1) is 25.1 Å². The number of hydrogen-bond donors (Lipinski definition) is 1. The summed E-state index contributed by atoms with van der Waals surface area (Å²) in [6, 6.07) is 21.2. The van der Waals surface area contributed by atoms with E-state index >= 15 is 0 Å². The summed E-state index contributed by atoms with van der Waals surface area (Å²) >= 11 is 0. The minimum atomic E-state index is -1.93. The number of nitrogens with two attached hydrogens (primary N) is 1. The van der Waals surface area contributed by atoms with E-state index in [2.05, 4.69) is 101 Å². The minimum Gasteiger partial charge on any atom is -0.474 e. The van der Waals surface area contributed by atoms with E-state index in [4.69, 9.17) is 19.6 Å². The molecular weight excluding hydrogens is 494 g/mol. The maximum Gasteiger partial charge on any atom is 0.247 e. The van der Waals surface area contributed by atoms with Gasteiger partial charge in [0.15, 0.2) is 11.2 Å². The number of aromatic nitrogens is 4. The number of benzene rings is 2. The van der Waals surface area contributed by atoms with Gasteiger partial charge in [-0.25, -0.2) is 4.98 Å². The van der Waals surface area contributed by atoms with Crippen LogP contribution in [0.5, 0.6) is 5.88 Å². The van der Waals surface area contributed by atoms with Gasteiger partial charge < -0.3 is 24.2 Å². The molecule has 0 spiro atoms. The summed E-state index contributed by atoms with van der Waals surface area (Å²) < 4.78 is 20.1. The molecule has 200 valence electrons. The highest BCUT2D eigenvalue weighted by atomic mass is 28.3. The monoisotopic (exact) mass is 531 g/mol. The lowest BCUT2D eigenvalue weighted by Crippen LogP contribution is -2.56. The molecule has 38 heavy (non-hydrogen) atoms. The first-order chi connectivity index (χ1) is 18.3. The van der Waals surface area contributed by atoms with Crippen LogP contribution in [0.25, 0.3) is 11.2 Å². The first-order valence-corrected chi connectivity index (χ1v) is 14.8. The zero-order chi connectivity index (χ0) is 26.8. The molecule has 1 aliphatic rings. The van der Waals surface area contributed by atoms with Crippen LogP contribution in [0.15, 0.2) is 67.0 Å². The van der Waals surface area contributed by atoms with Crippen molar-refractivity contribution in [2.45, 2.75) is 39.2 Å². The molecule has 0 saturated heterocycles. The number of nitrogen functional groups attached to an aromatic ring is 1. The lowest BCUT2D eigenvalue weighted by atomic mass is 9.59. The van der Waals surface area contributed by atoms with Gasteiger partial charge in [-0.1, -0.05) is 81.4 Å². The van der Waals surface area contributed by atoms with Gasteiger partial charge in [-0.15, -0.1) is 0 Å². The van der Waals surface area contributed by atoms with Crippen LogP contribution in [0.3, 0.4) is 0 Å². The first kappa shape index (κ1) is 26.3. The van der Waals surface area contributed by atoms with E-state index in [1.165, 1.54) is 10.4 Å². The van der Waals surface area contributed by atoms with Crippen molar-refractivity contribution in [1.82, 2.24) is 19.5 Å². The Labute approximate surface area is 225 Å². The third-order valence-corrected chi connectivity index (χ3v) is 10.1. The summed E-state index contributed by atoms with van der Waals surface area (Å²) in [4.78, 5) is 13.6.